The highest BCUT2D eigenvalue weighted by atomic mass is 16.3. The van der Waals surface area contributed by atoms with Crippen LogP contribution in [-0.4, -0.2) is 16.6 Å². The molecule has 0 bridgehead atoms. The molecule has 0 saturated heterocycles. The summed E-state index contributed by atoms with van der Waals surface area (Å²) >= 11 is 0. The highest BCUT2D eigenvalue weighted by Crippen LogP contribution is 2.54. The van der Waals surface area contributed by atoms with Gasteiger partial charge in [-0.2, -0.15) is 5.26 Å². The van der Waals surface area contributed by atoms with Crippen molar-refractivity contribution in [1.82, 2.24) is 4.98 Å². The van der Waals surface area contributed by atoms with E-state index < -0.39 is 6.10 Å². The Morgan fingerprint density at radius 2 is 2.00 bits per heavy atom. The lowest BCUT2D eigenvalue weighted by Gasteiger charge is -2.23. The molecule has 0 aliphatic heterocycles. The van der Waals surface area contributed by atoms with Gasteiger partial charge in [0, 0.05) is 17.7 Å². The van der Waals surface area contributed by atoms with E-state index in [9.17, 15) is 5.11 Å². The molecule has 1 aliphatic carbocycles. The predicted molar refractivity (Wildman–Crippen MR) is 85.2 cm³/mol. The number of hydrogen-bond acceptors (Lipinski definition) is 4. The molecule has 1 aromatic carbocycles. The molecule has 1 aliphatic rings. The summed E-state index contributed by atoms with van der Waals surface area (Å²) in [6.07, 6.45) is 1.46. The van der Waals surface area contributed by atoms with Crippen LogP contribution in [0.5, 0.6) is 0 Å². The fourth-order valence-corrected chi connectivity index (χ4v) is 2.74. The van der Waals surface area contributed by atoms with Gasteiger partial charge in [0.1, 0.15) is 11.9 Å². The van der Waals surface area contributed by atoms with Crippen molar-refractivity contribution in [3.63, 3.8) is 0 Å². The number of nitriles is 1. The first-order chi connectivity index (χ1) is 10.6. The third-order valence-electron chi connectivity index (χ3n) is 4.35. The Balaban J connectivity index is 1.74. The summed E-state index contributed by atoms with van der Waals surface area (Å²) < 4.78 is 0. The first kappa shape index (κ1) is 14.6. The van der Waals surface area contributed by atoms with Crippen molar-refractivity contribution in [2.24, 2.45) is 5.41 Å². The summed E-state index contributed by atoms with van der Waals surface area (Å²) in [6.45, 7) is 2.52. The van der Waals surface area contributed by atoms with E-state index in [2.05, 4.69) is 16.4 Å². The van der Waals surface area contributed by atoms with Crippen LogP contribution in [0.25, 0.3) is 0 Å². The molecule has 1 fully saturated rings. The van der Waals surface area contributed by atoms with E-state index in [1.807, 2.05) is 43.3 Å². The highest BCUT2D eigenvalue weighted by Gasteiger charge is 2.49. The zero-order valence-electron chi connectivity index (χ0n) is 12.6. The maximum atomic E-state index is 10.6. The van der Waals surface area contributed by atoms with Gasteiger partial charge in [-0.05, 0) is 37.5 Å². The predicted octanol–water partition coefficient (Wildman–Crippen LogP) is 3.19. The molecule has 1 saturated carbocycles. The zero-order chi connectivity index (χ0) is 15.6. The van der Waals surface area contributed by atoms with Gasteiger partial charge >= 0.3 is 0 Å². The molecular weight excluding hydrogens is 274 g/mol. The fourth-order valence-electron chi connectivity index (χ4n) is 2.74. The maximum absolute atomic E-state index is 10.6. The summed E-state index contributed by atoms with van der Waals surface area (Å²) in [5.41, 5.74) is 2.20. The first-order valence-corrected chi connectivity index (χ1v) is 7.49. The van der Waals surface area contributed by atoms with Gasteiger partial charge in [-0.3, -0.25) is 0 Å². The van der Waals surface area contributed by atoms with E-state index in [0.717, 1.165) is 24.1 Å². The number of aryl methyl sites for hydroxylation is 1. The van der Waals surface area contributed by atoms with Crippen LogP contribution in [-0.2, 0) is 0 Å². The molecule has 1 aromatic heterocycles. The summed E-state index contributed by atoms with van der Waals surface area (Å²) in [5.74, 6) is 0.606. The van der Waals surface area contributed by atoms with Crippen LogP contribution in [0.3, 0.4) is 0 Å². The average molecular weight is 293 g/mol. The van der Waals surface area contributed by atoms with E-state index in [1.54, 1.807) is 6.07 Å². The van der Waals surface area contributed by atoms with Crippen molar-refractivity contribution in [1.29, 1.82) is 5.26 Å². The van der Waals surface area contributed by atoms with Gasteiger partial charge in [-0.1, -0.05) is 30.3 Å². The molecule has 1 heterocycles. The lowest BCUT2D eigenvalue weighted by atomic mass is 9.92. The molecule has 1 atom stereocenters. The first-order valence-electron chi connectivity index (χ1n) is 7.49. The molecular formula is C18H19N3O. The quantitative estimate of drug-likeness (QED) is 0.888. The van der Waals surface area contributed by atoms with Gasteiger partial charge in [0.25, 0.3) is 0 Å². The van der Waals surface area contributed by atoms with Crippen LogP contribution < -0.4 is 5.32 Å². The number of aliphatic hydroxyl groups excluding tert-OH is 1. The van der Waals surface area contributed by atoms with Crippen LogP contribution in [0.2, 0.25) is 0 Å². The Morgan fingerprint density at radius 3 is 2.64 bits per heavy atom. The van der Waals surface area contributed by atoms with Crippen molar-refractivity contribution in [2.45, 2.75) is 25.9 Å². The van der Waals surface area contributed by atoms with Gasteiger partial charge in [0.15, 0.2) is 0 Å². The van der Waals surface area contributed by atoms with E-state index in [1.165, 1.54) is 0 Å². The Labute approximate surface area is 130 Å². The maximum Gasteiger partial charge on any atom is 0.144 e. The Bertz CT molecular complexity index is 702. The minimum Gasteiger partial charge on any atom is -0.388 e. The third kappa shape index (κ3) is 2.81. The lowest BCUT2D eigenvalue weighted by molar-refractivity contribution is 0.0999. The molecule has 112 valence electrons. The van der Waals surface area contributed by atoms with Crippen molar-refractivity contribution in [3.05, 3.63) is 59.3 Å². The molecule has 22 heavy (non-hydrogen) atoms. The Kier molecular flexibility index (Phi) is 3.82. The molecule has 2 N–H and O–H groups in total. The van der Waals surface area contributed by atoms with E-state index in [4.69, 9.17) is 5.26 Å². The third-order valence-corrected chi connectivity index (χ3v) is 4.35. The van der Waals surface area contributed by atoms with Gasteiger partial charge in [-0.25, -0.2) is 4.98 Å². The number of rotatable bonds is 5. The summed E-state index contributed by atoms with van der Waals surface area (Å²) in [4.78, 5) is 4.39. The number of pyridine rings is 1. The van der Waals surface area contributed by atoms with E-state index in [0.29, 0.717) is 17.9 Å². The second kappa shape index (κ2) is 5.78. The number of aromatic nitrogens is 1. The second-order valence-electron chi connectivity index (χ2n) is 5.99. The van der Waals surface area contributed by atoms with Gasteiger partial charge < -0.3 is 10.4 Å². The summed E-state index contributed by atoms with van der Waals surface area (Å²) in [6, 6.07) is 15.5. The van der Waals surface area contributed by atoms with Crippen molar-refractivity contribution >= 4 is 5.82 Å². The zero-order valence-corrected chi connectivity index (χ0v) is 12.6. The average Bonchev–Trinajstić information content (AvgIpc) is 3.34. The molecule has 4 heteroatoms. The topological polar surface area (TPSA) is 68.9 Å². The summed E-state index contributed by atoms with van der Waals surface area (Å²) in [5, 5.41) is 23.1. The molecule has 0 radical (unpaired) electrons. The normalized spacial score (nSPS) is 16.6. The van der Waals surface area contributed by atoms with E-state index in [-0.39, 0.29) is 5.41 Å². The van der Waals surface area contributed by atoms with Crippen LogP contribution in [0, 0.1) is 23.7 Å². The minimum atomic E-state index is -0.489. The van der Waals surface area contributed by atoms with E-state index >= 15 is 0 Å². The minimum absolute atomic E-state index is 0.153. The number of anilines is 1. The molecule has 2 aromatic rings. The molecule has 0 amide bonds. The number of nitrogens with zero attached hydrogens (tertiary/aromatic N) is 2. The largest absolute Gasteiger partial charge is 0.388 e. The van der Waals surface area contributed by atoms with Gasteiger partial charge in [0.05, 0.1) is 11.7 Å². The molecule has 0 spiro atoms. The highest BCUT2D eigenvalue weighted by molar-refractivity contribution is 5.52. The lowest BCUT2D eigenvalue weighted by Crippen LogP contribution is -2.24. The number of benzene rings is 1. The van der Waals surface area contributed by atoms with Crippen LogP contribution >= 0.6 is 0 Å². The fraction of sp³-hybridized carbons (Fsp3) is 0.333. The summed E-state index contributed by atoms with van der Waals surface area (Å²) in [7, 11) is 0. The van der Waals surface area contributed by atoms with Crippen LogP contribution in [0.4, 0.5) is 5.82 Å². The van der Waals surface area contributed by atoms with Crippen molar-refractivity contribution in [2.75, 3.05) is 11.9 Å². The number of aliphatic hydroxyl groups is 1. The van der Waals surface area contributed by atoms with Gasteiger partial charge in [-0.15, -0.1) is 0 Å². The van der Waals surface area contributed by atoms with Crippen molar-refractivity contribution < 1.29 is 5.11 Å². The second-order valence-corrected chi connectivity index (χ2v) is 5.99. The monoisotopic (exact) mass is 293 g/mol. The number of hydrogen-bond donors (Lipinski definition) is 2. The van der Waals surface area contributed by atoms with Crippen LogP contribution in [0.15, 0.2) is 42.5 Å². The SMILES string of the molecule is Cc1ccc(C#N)c(NCC2(C(O)c3ccccc3)CC2)n1. The Morgan fingerprint density at radius 1 is 1.27 bits per heavy atom. The van der Waals surface area contributed by atoms with Crippen molar-refractivity contribution in [3.8, 4) is 6.07 Å². The smallest absolute Gasteiger partial charge is 0.144 e. The number of nitrogens with one attached hydrogen (secondary N) is 1. The van der Waals surface area contributed by atoms with Gasteiger partial charge in [0.2, 0.25) is 0 Å². The molecule has 3 rings (SSSR count). The molecule has 4 nitrogen and oxygen atoms in total. The Hall–Kier alpha value is -2.38. The molecule has 1 unspecified atom stereocenters. The van der Waals surface area contributed by atoms with Crippen LogP contribution in [0.1, 0.15) is 35.8 Å². The standard InChI is InChI=1S/C18H19N3O/c1-13-7-8-15(11-19)17(21-13)20-12-18(9-10-18)16(22)14-5-3-2-4-6-14/h2-8,16,22H,9-10,12H2,1H3,(H,20,21).